The van der Waals surface area contributed by atoms with Gasteiger partial charge in [-0.1, -0.05) is 36.4 Å². The van der Waals surface area contributed by atoms with Crippen LogP contribution in [0.4, 0.5) is 10.3 Å². The second-order valence-electron chi connectivity index (χ2n) is 9.02. The number of carbonyl (C=O) groups is 1. The molecule has 1 aliphatic heterocycles. The number of fused-ring (bicyclic) bond motifs is 1. The Morgan fingerprint density at radius 2 is 1.97 bits per heavy atom. The SMILES string of the molecule is N#Cc1ccccc1Cn1c(N2CCCC(N)C2)nc2cc(C(=O)NCc3ccccc3F)sc2c1=O. The fraction of sp³-hybridized carbons (Fsp3) is 0.259. The highest BCUT2D eigenvalue weighted by atomic mass is 32.1. The Balaban J connectivity index is 1.53. The molecule has 1 fully saturated rings. The number of piperidine rings is 1. The van der Waals surface area contributed by atoms with E-state index in [2.05, 4.69) is 11.4 Å². The molecule has 5 rings (SSSR count). The van der Waals surface area contributed by atoms with Gasteiger partial charge < -0.3 is 16.0 Å². The van der Waals surface area contributed by atoms with E-state index in [1.165, 1.54) is 6.07 Å². The molecule has 1 atom stereocenters. The summed E-state index contributed by atoms with van der Waals surface area (Å²) < 4.78 is 15.9. The van der Waals surface area contributed by atoms with Crippen molar-refractivity contribution in [3.05, 3.63) is 92.3 Å². The predicted octanol–water partition coefficient (Wildman–Crippen LogP) is 3.37. The van der Waals surface area contributed by atoms with E-state index in [0.29, 0.717) is 50.8 Å². The fourth-order valence-electron chi connectivity index (χ4n) is 4.53. The van der Waals surface area contributed by atoms with Crippen molar-refractivity contribution >= 4 is 33.4 Å². The third-order valence-electron chi connectivity index (χ3n) is 6.44. The highest BCUT2D eigenvalue weighted by Crippen LogP contribution is 2.26. The zero-order valence-electron chi connectivity index (χ0n) is 20.0. The first-order valence-corrected chi connectivity index (χ1v) is 12.8. The van der Waals surface area contributed by atoms with E-state index < -0.39 is 11.7 Å². The lowest BCUT2D eigenvalue weighted by atomic mass is 10.1. The lowest BCUT2D eigenvalue weighted by Gasteiger charge is -2.33. The van der Waals surface area contributed by atoms with Gasteiger partial charge in [0.25, 0.3) is 11.5 Å². The lowest BCUT2D eigenvalue weighted by Crippen LogP contribution is -2.45. The number of anilines is 1. The van der Waals surface area contributed by atoms with Crippen molar-refractivity contribution in [2.75, 3.05) is 18.0 Å². The molecule has 0 saturated carbocycles. The number of thiophene rings is 1. The summed E-state index contributed by atoms with van der Waals surface area (Å²) in [5.41, 5.74) is 7.91. The van der Waals surface area contributed by atoms with Crippen molar-refractivity contribution in [1.29, 1.82) is 5.26 Å². The lowest BCUT2D eigenvalue weighted by molar-refractivity contribution is 0.0954. The van der Waals surface area contributed by atoms with Crippen molar-refractivity contribution in [1.82, 2.24) is 14.9 Å². The molecule has 188 valence electrons. The zero-order valence-corrected chi connectivity index (χ0v) is 20.8. The standard InChI is InChI=1S/C27H25FN6O2S/c28-21-10-4-3-7-18(21)14-31-25(35)23-12-22-24(37-23)26(36)34(15-19-8-2-1-6-17(19)13-29)27(32-22)33-11-5-9-20(30)16-33/h1-4,6-8,10,12,20H,5,9,11,14-16,30H2,(H,31,35). The van der Waals surface area contributed by atoms with E-state index >= 15 is 0 Å². The van der Waals surface area contributed by atoms with E-state index in [0.717, 1.165) is 24.2 Å². The van der Waals surface area contributed by atoms with Gasteiger partial charge in [-0.3, -0.25) is 14.2 Å². The van der Waals surface area contributed by atoms with Gasteiger partial charge in [0.05, 0.1) is 28.6 Å². The second kappa shape index (κ2) is 10.5. The number of nitriles is 1. The summed E-state index contributed by atoms with van der Waals surface area (Å²) in [6.07, 6.45) is 1.77. The van der Waals surface area contributed by atoms with Crippen LogP contribution < -0.4 is 21.5 Å². The Kier molecular flexibility index (Phi) is 6.99. The van der Waals surface area contributed by atoms with Gasteiger partial charge in [0, 0.05) is 31.2 Å². The predicted molar refractivity (Wildman–Crippen MR) is 141 cm³/mol. The number of halogens is 1. The van der Waals surface area contributed by atoms with Crippen molar-refractivity contribution in [3.63, 3.8) is 0 Å². The topological polar surface area (TPSA) is 117 Å². The van der Waals surface area contributed by atoms with Crippen LogP contribution in [0.1, 0.15) is 39.2 Å². The number of benzene rings is 2. The minimum atomic E-state index is -0.409. The molecule has 1 unspecified atom stereocenters. The van der Waals surface area contributed by atoms with Gasteiger partial charge in [0.15, 0.2) is 0 Å². The number of amides is 1. The maximum atomic E-state index is 14.0. The van der Waals surface area contributed by atoms with Crippen LogP contribution in [0.3, 0.4) is 0 Å². The van der Waals surface area contributed by atoms with E-state index in [1.807, 2.05) is 17.0 Å². The average molecular weight is 517 g/mol. The fourth-order valence-corrected chi connectivity index (χ4v) is 5.49. The van der Waals surface area contributed by atoms with Crippen LogP contribution in [0.2, 0.25) is 0 Å². The molecule has 0 radical (unpaired) electrons. The summed E-state index contributed by atoms with van der Waals surface area (Å²) in [4.78, 5) is 33.7. The molecule has 1 amide bonds. The molecule has 2 aromatic heterocycles. The summed E-state index contributed by atoms with van der Waals surface area (Å²) >= 11 is 1.05. The maximum absolute atomic E-state index is 14.0. The smallest absolute Gasteiger partial charge is 0.273 e. The van der Waals surface area contributed by atoms with Crippen LogP contribution in [-0.2, 0) is 13.1 Å². The number of carbonyl (C=O) groups excluding carboxylic acids is 1. The number of hydrogen-bond donors (Lipinski definition) is 2. The number of hydrogen-bond acceptors (Lipinski definition) is 7. The molecule has 3 N–H and O–H groups in total. The molecule has 37 heavy (non-hydrogen) atoms. The largest absolute Gasteiger partial charge is 0.347 e. The van der Waals surface area contributed by atoms with Crippen LogP contribution in [0.5, 0.6) is 0 Å². The van der Waals surface area contributed by atoms with Crippen LogP contribution >= 0.6 is 11.3 Å². The number of nitrogens with one attached hydrogen (secondary N) is 1. The first-order valence-electron chi connectivity index (χ1n) is 12.0. The first kappa shape index (κ1) is 24.6. The Labute approximate surface area is 216 Å². The molecular weight excluding hydrogens is 491 g/mol. The molecule has 10 heteroatoms. The molecule has 1 aliphatic rings. The molecule has 0 spiro atoms. The molecule has 4 aromatic rings. The Hall–Kier alpha value is -4.07. The number of aromatic nitrogens is 2. The maximum Gasteiger partial charge on any atom is 0.273 e. The van der Waals surface area contributed by atoms with Gasteiger partial charge in [0.1, 0.15) is 10.5 Å². The van der Waals surface area contributed by atoms with Gasteiger partial charge in [-0.05, 0) is 36.6 Å². The van der Waals surface area contributed by atoms with Gasteiger partial charge in [-0.2, -0.15) is 5.26 Å². The van der Waals surface area contributed by atoms with Crippen molar-refractivity contribution in [2.24, 2.45) is 5.73 Å². The number of nitrogens with two attached hydrogens (primary N) is 1. The number of rotatable bonds is 6. The Morgan fingerprint density at radius 3 is 2.73 bits per heavy atom. The molecule has 1 saturated heterocycles. The van der Waals surface area contributed by atoms with E-state index in [1.54, 1.807) is 41.0 Å². The van der Waals surface area contributed by atoms with Crippen LogP contribution in [0.15, 0.2) is 59.4 Å². The van der Waals surface area contributed by atoms with Gasteiger partial charge in [0.2, 0.25) is 5.95 Å². The summed E-state index contributed by atoms with van der Waals surface area (Å²) in [7, 11) is 0. The van der Waals surface area contributed by atoms with Crippen LogP contribution in [0.25, 0.3) is 10.2 Å². The molecular formula is C27H25FN6O2S. The Morgan fingerprint density at radius 1 is 1.22 bits per heavy atom. The van der Waals surface area contributed by atoms with E-state index in [4.69, 9.17) is 10.7 Å². The molecule has 8 nitrogen and oxygen atoms in total. The monoisotopic (exact) mass is 516 g/mol. The first-order chi connectivity index (χ1) is 17.9. The third-order valence-corrected chi connectivity index (χ3v) is 7.55. The zero-order chi connectivity index (χ0) is 25.9. The quantitative estimate of drug-likeness (QED) is 0.406. The van der Waals surface area contributed by atoms with Crippen LogP contribution in [-0.4, -0.2) is 34.6 Å². The highest BCUT2D eigenvalue weighted by Gasteiger charge is 2.24. The number of nitrogens with zero attached hydrogens (tertiary/aromatic N) is 4. The highest BCUT2D eigenvalue weighted by molar-refractivity contribution is 7.20. The van der Waals surface area contributed by atoms with Crippen molar-refractivity contribution in [2.45, 2.75) is 32.0 Å². The summed E-state index contributed by atoms with van der Waals surface area (Å²) in [5.74, 6) is -0.337. The minimum absolute atomic E-state index is 0.0271. The van der Waals surface area contributed by atoms with Crippen molar-refractivity contribution < 1.29 is 9.18 Å². The molecule has 0 bridgehead atoms. The summed E-state index contributed by atoms with van der Waals surface area (Å²) in [6.45, 7) is 1.45. The molecule has 3 heterocycles. The van der Waals surface area contributed by atoms with Gasteiger partial charge >= 0.3 is 0 Å². The van der Waals surface area contributed by atoms with Gasteiger partial charge in [-0.25, -0.2) is 9.37 Å². The summed E-state index contributed by atoms with van der Waals surface area (Å²) in [5, 5.41) is 12.3. The molecule has 2 aromatic carbocycles. The van der Waals surface area contributed by atoms with Crippen molar-refractivity contribution in [3.8, 4) is 6.07 Å². The average Bonchev–Trinajstić information content (AvgIpc) is 3.34. The summed E-state index contributed by atoms with van der Waals surface area (Å²) in [6, 6.07) is 17.1. The van der Waals surface area contributed by atoms with E-state index in [9.17, 15) is 19.2 Å². The second-order valence-corrected chi connectivity index (χ2v) is 10.1. The van der Waals surface area contributed by atoms with Crippen LogP contribution in [0, 0.1) is 17.1 Å². The molecule has 0 aliphatic carbocycles. The van der Waals surface area contributed by atoms with E-state index in [-0.39, 0.29) is 24.7 Å². The third kappa shape index (κ3) is 5.09. The van der Waals surface area contributed by atoms with Gasteiger partial charge in [-0.15, -0.1) is 11.3 Å². The normalized spacial score (nSPS) is 15.5. The Bertz CT molecular complexity index is 1570. The minimum Gasteiger partial charge on any atom is -0.347 e.